The van der Waals surface area contributed by atoms with Crippen LogP contribution < -0.4 is 14.2 Å². The Morgan fingerprint density at radius 2 is 2.00 bits per heavy atom. The van der Waals surface area contributed by atoms with Crippen molar-refractivity contribution in [3.05, 3.63) is 59.9 Å². The average Bonchev–Trinajstić information content (AvgIpc) is 3.24. The van der Waals surface area contributed by atoms with Crippen LogP contribution in [-0.4, -0.2) is 19.7 Å². The lowest BCUT2D eigenvalue weighted by atomic mass is 10.1. The number of carbonyl (C=O) groups is 1. The first-order valence-corrected chi connectivity index (χ1v) is 7.43. The number of methoxy groups -OCH3 is 1. The Labute approximate surface area is 138 Å². The van der Waals surface area contributed by atoms with Crippen LogP contribution in [0.2, 0.25) is 0 Å². The lowest BCUT2D eigenvalue weighted by molar-refractivity contribution is 0.104. The Morgan fingerprint density at radius 3 is 2.88 bits per heavy atom. The molecule has 0 amide bonds. The number of benzene rings is 2. The second kappa shape index (κ2) is 5.77. The van der Waals surface area contributed by atoms with E-state index in [-0.39, 0.29) is 12.6 Å². The minimum absolute atomic E-state index is 0.138. The van der Waals surface area contributed by atoms with Crippen molar-refractivity contribution in [3.8, 4) is 17.2 Å². The molecule has 1 aliphatic rings. The van der Waals surface area contributed by atoms with Crippen molar-refractivity contribution in [2.24, 2.45) is 0 Å². The van der Waals surface area contributed by atoms with E-state index in [0.717, 1.165) is 5.39 Å². The monoisotopic (exact) mass is 322 g/mol. The van der Waals surface area contributed by atoms with E-state index in [1.165, 1.54) is 6.08 Å². The van der Waals surface area contributed by atoms with Gasteiger partial charge < -0.3 is 18.6 Å². The van der Waals surface area contributed by atoms with Gasteiger partial charge in [-0.3, -0.25) is 4.79 Å². The first kappa shape index (κ1) is 14.4. The summed E-state index contributed by atoms with van der Waals surface area (Å²) in [5.41, 5.74) is 1.19. The first-order valence-electron chi connectivity index (χ1n) is 7.43. The SMILES string of the molecule is COc1cccc2cc(/C=C/C(=O)c3ccc4c(c3)OCO4)oc12. The van der Waals surface area contributed by atoms with Crippen molar-refractivity contribution in [1.29, 1.82) is 0 Å². The molecule has 4 rings (SSSR count). The number of carbonyl (C=O) groups excluding carboxylic acids is 1. The molecule has 5 heteroatoms. The molecule has 2 heterocycles. The van der Waals surface area contributed by atoms with Gasteiger partial charge in [0.1, 0.15) is 5.76 Å². The molecule has 120 valence electrons. The van der Waals surface area contributed by atoms with Crippen molar-refractivity contribution in [2.75, 3.05) is 13.9 Å². The number of ketones is 1. The van der Waals surface area contributed by atoms with E-state index >= 15 is 0 Å². The largest absolute Gasteiger partial charge is 0.493 e. The highest BCUT2D eigenvalue weighted by Crippen LogP contribution is 2.33. The molecule has 0 bridgehead atoms. The summed E-state index contributed by atoms with van der Waals surface area (Å²) < 4.78 is 21.5. The molecule has 0 saturated carbocycles. The zero-order valence-corrected chi connectivity index (χ0v) is 12.9. The summed E-state index contributed by atoms with van der Waals surface area (Å²) in [4.78, 5) is 12.3. The van der Waals surface area contributed by atoms with Crippen molar-refractivity contribution in [2.45, 2.75) is 0 Å². The van der Waals surface area contributed by atoms with E-state index in [4.69, 9.17) is 18.6 Å². The zero-order chi connectivity index (χ0) is 16.5. The highest BCUT2D eigenvalue weighted by Gasteiger charge is 2.15. The van der Waals surface area contributed by atoms with E-state index in [0.29, 0.717) is 34.2 Å². The lowest BCUT2D eigenvalue weighted by Crippen LogP contribution is -1.94. The lowest BCUT2D eigenvalue weighted by Gasteiger charge is -1.99. The van der Waals surface area contributed by atoms with E-state index < -0.39 is 0 Å². The molecule has 0 N–H and O–H groups in total. The molecule has 0 atom stereocenters. The number of fused-ring (bicyclic) bond motifs is 2. The minimum Gasteiger partial charge on any atom is -0.493 e. The quantitative estimate of drug-likeness (QED) is 0.535. The molecular formula is C19H14O5. The van der Waals surface area contributed by atoms with Gasteiger partial charge >= 0.3 is 0 Å². The van der Waals surface area contributed by atoms with E-state index in [9.17, 15) is 4.79 Å². The number of para-hydroxylation sites is 1. The molecule has 0 radical (unpaired) electrons. The molecule has 0 fully saturated rings. The van der Waals surface area contributed by atoms with Gasteiger partial charge in [0.05, 0.1) is 7.11 Å². The minimum atomic E-state index is -0.138. The Hall–Kier alpha value is -3.21. The summed E-state index contributed by atoms with van der Waals surface area (Å²) in [6, 6.07) is 12.6. The van der Waals surface area contributed by atoms with Crippen LogP contribution >= 0.6 is 0 Å². The van der Waals surface area contributed by atoms with Crippen LogP contribution in [0.15, 0.2) is 53.0 Å². The Balaban J connectivity index is 1.59. The van der Waals surface area contributed by atoms with Crippen molar-refractivity contribution in [1.82, 2.24) is 0 Å². The number of hydrogen-bond acceptors (Lipinski definition) is 5. The summed E-state index contributed by atoms with van der Waals surface area (Å²) in [7, 11) is 1.59. The normalized spacial score (nSPS) is 12.9. The molecule has 2 aromatic carbocycles. The number of rotatable bonds is 4. The summed E-state index contributed by atoms with van der Waals surface area (Å²) >= 11 is 0. The van der Waals surface area contributed by atoms with Crippen LogP contribution in [0.25, 0.3) is 17.0 Å². The van der Waals surface area contributed by atoms with Crippen molar-refractivity contribution >= 4 is 22.8 Å². The van der Waals surface area contributed by atoms with Crippen LogP contribution in [0.3, 0.4) is 0 Å². The molecule has 0 spiro atoms. The van der Waals surface area contributed by atoms with Gasteiger partial charge in [0.15, 0.2) is 28.6 Å². The second-order valence-electron chi connectivity index (χ2n) is 5.29. The maximum absolute atomic E-state index is 12.3. The van der Waals surface area contributed by atoms with Crippen molar-refractivity contribution < 1.29 is 23.4 Å². The average molecular weight is 322 g/mol. The van der Waals surface area contributed by atoms with Crippen LogP contribution in [-0.2, 0) is 0 Å². The summed E-state index contributed by atoms with van der Waals surface area (Å²) in [6.07, 6.45) is 3.12. The van der Waals surface area contributed by atoms with Crippen LogP contribution in [0.1, 0.15) is 16.1 Å². The molecular weight excluding hydrogens is 308 g/mol. The van der Waals surface area contributed by atoms with Gasteiger partial charge in [-0.15, -0.1) is 0 Å². The van der Waals surface area contributed by atoms with Gasteiger partial charge in [-0.25, -0.2) is 0 Å². The second-order valence-corrected chi connectivity index (χ2v) is 5.29. The van der Waals surface area contributed by atoms with E-state index in [1.54, 1.807) is 31.4 Å². The van der Waals surface area contributed by atoms with Gasteiger partial charge in [0, 0.05) is 10.9 Å². The fourth-order valence-corrected chi connectivity index (χ4v) is 2.60. The number of ether oxygens (including phenoxy) is 3. The molecule has 24 heavy (non-hydrogen) atoms. The third-order valence-electron chi connectivity index (χ3n) is 3.80. The summed E-state index contributed by atoms with van der Waals surface area (Å²) in [5.74, 6) is 2.35. The van der Waals surface area contributed by atoms with Gasteiger partial charge in [-0.2, -0.15) is 0 Å². The maximum Gasteiger partial charge on any atom is 0.231 e. The zero-order valence-electron chi connectivity index (χ0n) is 12.9. The maximum atomic E-state index is 12.3. The van der Waals surface area contributed by atoms with Gasteiger partial charge in [-0.05, 0) is 42.5 Å². The first-order chi connectivity index (χ1) is 11.7. The molecule has 5 nitrogen and oxygen atoms in total. The Morgan fingerprint density at radius 1 is 1.12 bits per heavy atom. The highest BCUT2D eigenvalue weighted by molar-refractivity contribution is 6.07. The third kappa shape index (κ3) is 2.50. The van der Waals surface area contributed by atoms with Crippen LogP contribution in [0.5, 0.6) is 17.2 Å². The molecule has 0 saturated heterocycles. The standard InChI is InChI=1S/C19H14O5/c1-21-17-4-2-3-13-9-14(24-19(13)17)6-7-15(20)12-5-8-16-18(10-12)23-11-22-16/h2-10H,11H2,1H3/b7-6+. The fourth-order valence-electron chi connectivity index (χ4n) is 2.60. The van der Waals surface area contributed by atoms with E-state index in [1.807, 2.05) is 24.3 Å². The Kier molecular flexibility index (Phi) is 3.46. The summed E-state index contributed by atoms with van der Waals surface area (Å²) in [5, 5.41) is 0.921. The Bertz CT molecular complexity index is 952. The third-order valence-corrected chi connectivity index (χ3v) is 3.80. The number of hydrogen-bond donors (Lipinski definition) is 0. The van der Waals surface area contributed by atoms with Gasteiger partial charge in [0.25, 0.3) is 0 Å². The number of allylic oxidation sites excluding steroid dienone is 1. The predicted octanol–water partition coefficient (Wildman–Crippen LogP) is 4.07. The van der Waals surface area contributed by atoms with E-state index in [2.05, 4.69) is 0 Å². The topological polar surface area (TPSA) is 57.9 Å². The smallest absolute Gasteiger partial charge is 0.231 e. The fraction of sp³-hybridized carbons (Fsp3) is 0.105. The molecule has 0 unspecified atom stereocenters. The van der Waals surface area contributed by atoms with Gasteiger partial charge in [0.2, 0.25) is 6.79 Å². The molecule has 3 aromatic rings. The van der Waals surface area contributed by atoms with Crippen LogP contribution in [0, 0.1) is 0 Å². The molecule has 0 aliphatic carbocycles. The highest BCUT2D eigenvalue weighted by atomic mass is 16.7. The van der Waals surface area contributed by atoms with Gasteiger partial charge in [-0.1, -0.05) is 12.1 Å². The van der Waals surface area contributed by atoms with Crippen LogP contribution in [0.4, 0.5) is 0 Å². The van der Waals surface area contributed by atoms with Crippen molar-refractivity contribution in [3.63, 3.8) is 0 Å². The predicted molar refractivity (Wildman–Crippen MR) is 88.7 cm³/mol. The summed E-state index contributed by atoms with van der Waals surface area (Å²) in [6.45, 7) is 0.184. The molecule has 1 aromatic heterocycles. The number of furan rings is 1. The molecule has 1 aliphatic heterocycles.